The van der Waals surface area contributed by atoms with Gasteiger partial charge < -0.3 is 14.5 Å². The number of nitrogens with zero attached hydrogens (tertiary/aromatic N) is 1. The third-order valence-electron chi connectivity index (χ3n) is 4.15. The highest BCUT2D eigenvalue weighted by Gasteiger charge is 2.32. The van der Waals surface area contributed by atoms with Crippen LogP contribution in [0.5, 0.6) is 0 Å². The molecule has 1 aromatic heterocycles. The number of furan rings is 1. The van der Waals surface area contributed by atoms with Crippen molar-refractivity contribution in [1.29, 1.82) is 0 Å². The van der Waals surface area contributed by atoms with Crippen LogP contribution in [0, 0.1) is 6.92 Å². The Bertz CT molecular complexity index is 962. The first-order chi connectivity index (χ1) is 13.1. The summed E-state index contributed by atoms with van der Waals surface area (Å²) in [7, 11) is -3.85. The lowest BCUT2D eigenvalue weighted by Gasteiger charge is -2.25. The molecule has 1 aliphatic rings. The van der Waals surface area contributed by atoms with E-state index < -0.39 is 27.7 Å². The van der Waals surface area contributed by atoms with E-state index in [-0.39, 0.29) is 48.4 Å². The Balaban J connectivity index is 1.77. The molecule has 1 aliphatic heterocycles. The maximum atomic E-state index is 12.7. The number of aryl methyl sites for hydroxylation is 1. The molecule has 3 rings (SSSR count). The second kappa shape index (κ2) is 7.57. The van der Waals surface area contributed by atoms with Crippen LogP contribution in [0.2, 0.25) is 0 Å². The van der Waals surface area contributed by atoms with Crippen molar-refractivity contribution in [3.63, 3.8) is 0 Å². The van der Waals surface area contributed by atoms with Crippen LogP contribution in [-0.2, 0) is 20.9 Å². The number of amides is 1. The SMILES string of the molecule is Cc1oc(C(=O)Nc2ccc(C(F)(F)F)cc2)cc1S(=O)(=O)N1CCOCC1. The van der Waals surface area contributed by atoms with Crippen LogP contribution in [0.4, 0.5) is 18.9 Å². The molecular weight excluding hydrogens is 401 g/mol. The van der Waals surface area contributed by atoms with Gasteiger partial charge in [0.2, 0.25) is 10.0 Å². The Hall–Kier alpha value is -2.37. The molecular formula is C17H17F3N2O5S. The maximum Gasteiger partial charge on any atom is 0.416 e. The van der Waals surface area contributed by atoms with Gasteiger partial charge in [-0.3, -0.25) is 4.79 Å². The van der Waals surface area contributed by atoms with Gasteiger partial charge in [-0.25, -0.2) is 8.42 Å². The van der Waals surface area contributed by atoms with E-state index in [1.54, 1.807) is 0 Å². The number of nitrogens with one attached hydrogen (secondary N) is 1. The fourth-order valence-electron chi connectivity index (χ4n) is 2.69. The minimum Gasteiger partial charge on any atom is -0.455 e. The van der Waals surface area contributed by atoms with Gasteiger partial charge in [-0.05, 0) is 31.2 Å². The van der Waals surface area contributed by atoms with E-state index in [0.29, 0.717) is 0 Å². The first-order valence-electron chi connectivity index (χ1n) is 8.26. The Morgan fingerprint density at radius 1 is 1.14 bits per heavy atom. The standard InChI is InChI=1S/C17H17F3N2O5S/c1-11-15(28(24,25)22-6-8-26-9-7-22)10-14(27-11)16(23)21-13-4-2-12(3-5-13)17(18,19)20/h2-5,10H,6-9H2,1H3,(H,21,23). The van der Waals surface area contributed by atoms with Crippen molar-refractivity contribution < 1.29 is 35.5 Å². The van der Waals surface area contributed by atoms with Crippen molar-refractivity contribution in [3.8, 4) is 0 Å². The highest BCUT2D eigenvalue weighted by atomic mass is 32.2. The number of alkyl halides is 3. The molecule has 1 saturated heterocycles. The number of carbonyl (C=O) groups is 1. The predicted molar refractivity (Wildman–Crippen MR) is 92.4 cm³/mol. The second-order valence-corrected chi connectivity index (χ2v) is 7.98. The van der Waals surface area contributed by atoms with E-state index in [4.69, 9.17) is 9.15 Å². The summed E-state index contributed by atoms with van der Waals surface area (Å²) < 4.78 is 74.8. The summed E-state index contributed by atoms with van der Waals surface area (Å²) in [5, 5.41) is 2.38. The first kappa shape index (κ1) is 20.4. The zero-order valence-corrected chi connectivity index (χ0v) is 15.6. The topological polar surface area (TPSA) is 88.8 Å². The lowest BCUT2D eigenvalue weighted by Crippen LogP contribution is -2.40. The fourth-order valence-corrected chi connectivity index (χ4v) is 4.26. The van der Waals surface area contributed by atoms with E-state index in [0.717, 1.165) is 30.3 Å². The van der Waals surface area contributed by atoms with Crippen LogP contribution in [0.15, 0.2) is 39.6 Å². The van der Waals surface area contributed by atoms with Gasteiger partial charge in [0.1, 0.15) is 10.7 Å². The molecule has 0 radical (unpaired) electrons. The molecule has 2 heterocycles. The van der Waals surface area contributed by atoms with Gasteiger partial charge in [-0.15, -0.1) is 0 Å². The molecule has 1 aromatic carbocycles. The smallest absolute Gasteiger partial charge is 0.416 e. The van der Waals surface area contributed by atoms with Gasteiger partial charge in [0, 0.05) is 24.8 Å². The van der Waals surface area contributed by atoms with E-state index in [9.17, 15) is 26.4 Å². The van der Waals surface area contributed by atoms with Gasteiger partial charge in [0.25, 0.3) is 5.91 Å². The molecule has 1 fully saturated rings. The molecule has 0 saturated carbocycles. The van der Waals surface area contributed by atoms with Crippen LogP contribution in [0.25, 0.3) is 0 Å². The normalized spacial score (nSPS) is 16.1. The summed E-state index contributed by atoms with van der Waals surface area (Å²) in [6.45, 7) is 2.36. The summed E-state index contributed by atoms with van der Waals surface area (Å²) in [5.74, 6) is -0.987. The van der Waals surface area contributed by atoms with E-state index in [1.165, 1.54) is 11.2 Å². The molecule has 2 aromatic rings. The molecule has 1 amide bonds. The quantitative estimate of drug-likeness (QED) is 0.825. The van der Waals surface area contributed by atoms with Crippen molar-refractivity contribution in [1.82, 2.24) is 4.31 Å². The number of anilines is 1. The second-order valence-electron chi connectivity index (χ2n) is 6.08. The largest absolute Gasteiger partial charge is 0.455 e. The van der Waals surface area contributed by atoms with Crippen LogP contribution in [0.1, 0.15) is 21.9 Å². The molecule has 0 bridgehead atoms. The lowest BCUT2D eigenvalue weighted by molar-refractivity contribution is -0.137. The number of ether oxygens (including phenoxy) is 1. The zero-order chi connectivity index (χ0) is 20.5. The molecule has 28 heavy (non-hydrogen) atoms. The molecule has 0 atom stereocenters. The predicted octanol–water partition coefficient (Wildman–Crippen LogP) is 2.88. The average Bonchev–Trinajstić information content (AvgIpc) is 3.05. The Morgan fingerprint density at radius 3 is 2.32 bits per heavy atom. The zero-order valence-electron chi connectivity index (χ0n) is 14.7. The van der Waals surface area contributed by atoms with E-state index in [1.807, 2.05) is 0 Å². The lowest BCUT2D eigenvalue weighted by atomic mass is 10.2. The maximum absolute atomic E-state index is 12.7. The molecule has 0 unspecified atom stereocenters. The Kier molecular flexibility index (Phi) is 5.50. The number of morpholine rings is 1. The van der Waals surface area contributed by atoms with Crippen molar-refractivity contribution >= 4 is 21.6 Å². The summed E-state index contributed by atoms with van der Waals surface area (Å²) in [5.41, 5.74) is -0.733. The number of hydrogen-bond donors (Lipinski definition) is 1. The third kappa shape index (κ3) is 4.21. The molecule has 11 heteroatoms. The van der Waals surface area contributed by atoms with Gasteiger partial charge in [0.15, 0.2) is 5.76 Å². The van der Waals surface area contributed by atoms with Gasteiger partial charge in [-0.1, -0.05) is 0 Å². The number of sulfonamides is 1. The minimum absolute atomic E-state index is 0.0454. The summed E-state index contributed by atoms with van der Waals surface area (Å²) >= 11 is 0. The minimum atomic E-state index is -4.48. The van der Waals surface area contributed by atoms with Crippen molar-refractivity contribution in [2.75, 3.05) is 31.6 Å². The number of carbonyl (C=O) groups excluding carboxylic acids is 1. The summed E-state index contributed by atoms with van der Waals surface area (Å²) in [4.78, 5) is 12.2. The number of hydrogen-bond acceptors (Lipinski definition) is 5. The van der Waals surface area contributed by atoms with E-state index >= 15 is 0 Å². The van der Waals surface area contributed by atoms with Gasteiger partial charge in [-0.2, -0.15) is 17.5 Å². The monoisotopic (exact) mass is 418 g/mol. The van der Waals surface area contributed by atoms with Gasteiger partial charge >= 0.3 is 6.18 Å². The summed E-state index contributed by atoms with van der Waals surface area (Å²) in [6, 6.07) is 4.97. The highest BCUT2D eigenvalue weighted by molar-refractivity contribution is 7.89. The van der Waals surface area contributed by atoms with Crippen molar-refractivity contribution in [3.05, 3.63) is 47.4 Å². The number of benzene rings is 1. The van der Waals surface area contributed by atoms with Gasteiger partial charge in [0.05, 0.1) is 18.8 Å². The Morgan fingerprint density at radius 2 is 1.75 bits per heavy atom. The van der Waals surface area contributed by atoms with Crippen LogP contribution in [-0.4, -0.2) is 44.9 Å². The Labute approximate surface area is 159 Å². The first-order valence-corrected chi connectivity index (χ1v) is 9.70. The van der Waals surface area contributed by atoms with Crippen LogP contribution >= 0.6 is 0 Å². The highest BCUT2D eigenvalue weighted by Crippen LogP contribution is 2.30. The van der Waals surface area contributed by atoms with Crippen LogP contribution < -0.4 is 5.32 Å². The molecule has 1 N–H and O–H groups in total. The van der Waals surface area contributed by atoms with Crippen molar-refractivity contribution in [2.45, 2.75) is 18.0 Å². The van der Waals surface area contributed by atoms with Crippen LogP contribution in [0.3, 0.4) is 0 Å². The van der Waals surface area contributed by atoms with Crippen molar-refractivity contribution in [2.24, 2.45) is 0 Å². The molecule has 0 aliphatic carbocycles. The number of halogens is 3. The summed E-state index contributed by atoms with van der Waals surface area (Å²) in [6.07, 6.45) is -4.48. The molecule has 0 spiro atoms. The van der Waals surface area contributed by atoms with E-state index in [2.05, 4.69) is 5.32 Å². The number of rotatable bonds is 4. The average molecular weight is 418 g/mol. The molecule has 7 nitrogen and oxygen atoms in total. The molecule has 152 valence electrons. The third-order valence-corrected chi connectivity index (χ3v) is 6.16. The fraction of sp³-hybridized carbons (Fsp3) is 0.353.